The second kappa shape index (κ2) is 8.57. The number of hydrogen-bond donors (Lipinski definition) is 0. The summed E-state index contributed by atoms with van der Waals surface area (Å²) in [6.45, 7) is 7.20. The highest BCUT2D eigenvalue weighted by molar-refractivity contribution is 5.48. The van der Waals surface area contributed by atoms with E-state index in [2.05, 4.69) is 22.0 Å². The number of halogens is 1. The highest BCUT2D eigenvalue weighted by atomic mass is 19.1. The Morgan fingerprint density at radius 2 is 1.87 bits per heavy atom. The van der Waals surface area contributed by atoms with E-state index in [9.17, 15) is 4.39 Å². The molecule has 0 aliphatic carbocycles. The van der Waals surface area contributed by atoms with Gasteiger partial charge in [0.1, 0.15) is 5.82 Å². The van der Waals surface area contributed by atoms with Crippen LogP contribution in [0.4, 0.5) is 4.39 Å². The number of likely N-dealkylation sites (tertiary alicyclic amines) is 1. The van der Waals surface area contributed by atoms with Crippen molar-refractivity contribution in [1.29, 1.82) is 0 Å². The molecule has 3 rings (SSSR count). The van der Waals surface area contributed by atoms with E-state index in [0.29, 0.717) is 6.04 Å². The van der Waals surface area contributed by atoms with E-state index in [1.807, 2.05) is 12.1 Å². The summed E-state index contributed by atoms with van der Waals surface area (Å²) in [7, 11) is 0. The molecule has 1 atom stereocenters. The smallest absolute Gasteiger partial charge is 0.123 e. The van der Waals surface area contributed by atoms with E-state index in [1.54, 1.807) is 0 Å². The highest BCUT2D eigenvalue weighted by Gasteiger charge is 2.24. The van der Waals surface area contributed by atoms with Crippen LogP contribution in [0.5, 0.6) is 0 Å². The first-order chi connectivity index (χ1) is 11.3. The molecular weight excluding hydrogens is 291 g/mol. The van der Waals surface area contributed by atoms with Crippen LogP contribution in [0.1, 0.15) is 24.8 Å². The largest absolute Gasteiger partial charge is 0.379 e. The van der Waals surface area contributed by atoms with E-state index < -0.39 is 0 Å². The maximum absolute atomic E-state index is 12.9. The lowest BCUT2D eigenvalue weighted by atomic mass is 10.0. The number of rotatable bonds is 5. The molecule has 2 fully saturated rings. The van der Waals surface area contributed by atoms with Crippen molar-refractivity contribution in [2.24, 2.45) is 0 Å². The fourth-order valence-electron chi connectivity index (χ4n) is 3.49. The number of benzene rings is 1. The quantitative estimate of drug-likeness (QED) is 0.830. The summed E-state index contributed by atoms with van der Waals surface area (Å²) in [6, 6.07) is 7.34. The predicted molar refractivity (Wildman–Crippen MR) is 91.9 cm³/mol. The minimum Gasteiger partial charge on any atom is -0.379 e. The predicted octanol–water partition coefficient (Wildman–Crippen LogP) is 3.03. The van der Waals surface area contributed by atoms with E-state index >= 15 is 0 Å². The van der Waals surface area contributed by atoms with Crippen LogP contribution in [-0.4, -0.2) is 61.8 Å². The molecule has 0 bridgehead atoms. The van der Waals surface area contributed by atoms with Crippen LogP contribution < -0.4 is 0 Å². The first-order valence-corrected chi connectivity index (χ1v) is 8.77. The zero-order valence-electron chi connectivity index (χ0n) is 13.8. The summed E-state index contributed by atoms with van der Waals surface area (Å²) in [4.78, 5) is 5.13. The van der Waals surface area contributed by atoms with Gasteiger partial charge in [-0.25, -0.2) is 4.39 Å². The van der Waals surface area contributed by atoms with Gasteiger partial charge in [-0.15, -0.1) is 0 Å². The van der Waals surface area contributed by atoms with Gasteiger partial charge in [0.05, 0.1) is 13.2 Å². The van der Waals surface area contributed by atoms with Crippen LogP contribution in [0.3, 0.4) is 0 Å². The van der Waals surface area contributed by atoms with Gasteiger partial charge in [-0.05, 0) is 37.1 Å². The van der Waals surface area contributed by atoms with E-state index in [-0.39, 0.29) is 5.82 Å². The van der Waals surface area contributed by atoms with Crippen molar-refractivity contribution in [3.05, 3.63) is 41.7 Å². The third-order valence-electron chi connectivity index (χ3n) is 4.84. The molecule has 0 N–H and O–H groups in total. The van der Waals surface area contributed by atoms with Crippen molar-refractivity contribution in [3.8, 4) is 0 Å². The zero-order chi connectivity index (χ0) is 15.9. The number of ether oxygens (including phenoxy) is 1. The Morgan fingerprint density at radius 1 is 1.09 bits per heavy atom. The molecule has 0 aromatic heterocycles. The lowest BCUT2D eigenvalue weighted by Gasteiger charge is -2.39. The van der Waals surface area contributed by atoms with Gasteiger partial charge in [0.15, 0.2) is 0 Å². The molecule has 1 aromatic rings. The van der Waals surface area contributed by atoms with Crippen LogP contribution in [0.2, 0.25) is 0 Å². The Bertz CT molecular complexity index is 497. The Morgan fingerprint density at radius 3 is 2.65 bits per heavy atom. The number of nitrogens with zero attached hydrogens (tertiary/aromatic N) is 2. The molecule has 1 aromatic carbocycles. The third-order valence-corrected chi connectivity index (χ3v) is 4.84. The standard InChI is InChI=1S/C19H27FN2O/c20-18-8-6-17(7-9-18)4-3-11-22-10-2-1-5-19(22)16-21-12-14-23-15-13-21/h3-4,6-9,19H,1-2,5,10-16H2/b4-3+/t19-/m1/s1. The van der Waals surface area contributed by atoms with Gasteiger partial charge < -0.3 is 4.74 Å². The molecule has 0 unspecified atom stereocenters. The molecule has 0 amide bonds. The number of hydrogen-bond acceptors (Lipinski definition) is 3. The van der Waals surface area contributed by atoms with Crippen LogP contribution >= 0.6 is 0 Å². The van der Waals surface area contributed by atoms with Crippen molar-refractivity contribution < 1.29 is 9.13 Å². The SMILES string of the molecule is Fc1ccc(/C=C/CN2CCCC[C@@H]2CN2CCOCC2)cc1. The molecule has 0 radical (unpaired) electrons. The minimum atomic E-state index is -0.177. The van der Waals surface area contributed by atoms with Crippen molar-refractivity contribution in [3.63, 3.8) is 0 Å². The van der Waals surface area contributed by atoms with Gasteiger partial charge in [-0.2, -0.15) is 0 Å². The van der Waals surface area contributed by atoms with Gasteiger partial charge >= 0.3 is 0 Å². The first kappa shape index (κ1) is 16.6. The molecule has 2 heterocycles. The zero-order valence-corrected chi connectivity index (χ0v) is 13.8. The van der Waals surface area contributed by atoms with Crippen LogP contribution in [0, 0.1) is 5.82 Å². The Balaban J connectivity index is 1.52. The Kier molecular flexibility index (Phi) is 6.20. The molecule has 0 spiro atoms. The van der Waals surface area contributed by atoms with Crippen molar-refractivity contribution in [2.45, 2.75) is 25.3 Å². The second-order valence-corrected chi connectivity index (χ2v) is 6.51. The van der Waals surface area contributed by atoms with Crippen LogP contribution in [0.15, 0.2) is 30.3 Å². The third kappa shape index (κ3) is 5.13. The van der Waals surface area contributed by atoms with E-state index in [4.69, 9.17) is 4.74 Å². The number of piperidine rings is 1. The summed E-state index contributed by atoms with van der Waals surface area (Å²) in [5.74, 6) is -0.177. The van der Waals surface area contributed by atoms with Crippen LogP contribution in [0.25, 0.3) is 6.08 Å². The summed E-state index contributed by atoms with van der Waals surface area (Å²) >= 11 is 0. The molecular formula is C19H27FN2O. The molecule has 126 valence electrons. The van der Waals surface area contributed by atoms with Crippen molar-refractivity contribution in [2.75, 3.05) is 45.9 Å². The Hall–Kier alpha value is -1.23. The van der Waals surface area contributed by atoms with Gasteiger partial charge in [-0.1, -0.05) is 30.7 Å². The number of morpholine rings is 1. The molecule has 2 aliphatic heterocycles. The Labute approximate surface area is 138 Å². The molecule has 0 saturated carbocycles. The van der Waals surface area contributed by atoms with Crippen LogP contribution in [-0.2, 0) is 4.74 Å². The summed E-state index contributed by atoms with van der Waals surface area (Å²) in [5.41, 5.74) is 1.06. The monoisotopic (exact) mass is 318 g/mol. The molecule has 4 heteroatoms. The maximum atomic E-state index is 12.9. The fourth-order valence-corrected chi connectivity index (χ4v) is 3.49. The topological polar surface area (TPSA) is 15.7 Å². The molecule has 23 heavy (non-hydrogen) atoms. The average Bonchev–Trinajstić information content (AvgIpc) is 2.59. The van der Waals surface area contributed by atoms with Gasteiger partial charge in [0.2, 0.25) is 0 Å². The first-order valence-electron chi connectivity index (χ1n) is 8.77. The fraction of sp³-hybridized carbons (Fsp3) is 0.579. The normalized spacial score (nSPS) is 24.3. The molecule has 3 nitrogen and oxygen atoms in total. The summed E-state index contributed by atoms with van der Waals surface area (Å²) < 4.78 is 18.4. The second-order valence-electron chi connectivity index (χ2n) is 6.51. The van der Waals surface area contributed by atoms with Crippen molar-refractivity contribution >= 4 is 6.08 Å². The van der Waals surface area contributed by atoms with Crippen molar-refractivity contribution in [1.82, 2.24) is 9.80 Å². The lowest BCUT2D eigenvalue weighted by Crippen LogP contribution is -2.49. The lowest BCUT2D eigenvalue weighted by molar-refractivity contribution is 0.0186. The molecule has 2 aliphatic rings. The maximum Gasteiger partial charge on any atom is 0.123 e. The van der Waals surface area contributed by atoms with Gasteiger partial charge in [0, 0.05) is 32.2 Å². The van der Waals surface area contributed by atoms with Gasteiger partial charge in [0.25, 0.3) is 0 Å². The minimum absolute atomic E-state index is 0.177. The average molecular weight is 318 g/mol. The van der Waals surface area contributed by atoms with E-state index in [0.717, 1.165) is 45.0 Å². The summed E-state index contributed by atoms with van der Waals surface area (Å²) in [5, 5.41) is 0. The van der Waals surface area contributed by atoms with E-state index in [1.165, 1.54) is 37.9 Å². The molecule has 2 saturated heterocycles. The van der Waals surface area contributed by atoms with Gasteiger partial charge in [-0.3, -0.25) is 9.80 Å². The summed E-state index contributed by atoms with van der Waals surface area (Å²) in [6.07, 6.45) is 8.24. The highest BCUT2D eigenvalue weighted by Crippen LogP contribution is 2.18.